The number of benzene rings is 1. The van der Waals surface area contributed by atoms with E-state index in [1.807, 2.05) is 0 Å². The molecule has 1 aromatic rings. The van der Waals surface area contributed by atoms with Crippen LogP contribution < -0.4 is 10.2 Å². The van der Waals surface area contributed by atoms with E-state index in [-0.39, 0.29) is 6.03 Å². The maximum atomic E-state index is 12.4. The van der Waals surface area contributed by atoms with Crippen molar-refractivity contribution in [1.29, 1.82) is 5.41 Å². The van der Waals surface area contributed by atoms with Crippen molar-refractivity contribution in [2.45, 2.75) is 26.2 Å². The van der Waals surface area contributed by atoms with E-state index < -0.39 is 0 Å². The lowest BCUT2D eigenvalue weighted by Crippen LogP contribution is -2.47. The van der Waals surface area contributed by atoms with E-state index in [0.717, 1.165) is 51.1 Å². The summed E-state index contributed by atoms with van der Waals surface area (Å²) in [5, 5.41) is 10.9. The minimum atomic E-state index is -0.0581. The van der Waals surface area contributed by atoms with Gasteiger partial charge in [-0.15, -0.1) is 6.42 Å². The molecule has 2 amide bonds. The lowest BCUT2D eigenvalue weighted by molar-refractivity contribution is 0.201. The predicted octanol–water partition coefficient (Wildman–Crippen LogP) is 2.89. The molecule has 0 atom stereocenters. The van der Waals surface area contributed by atoms with Crippen molar-refractivity contribution in [3.05, 3.63) is 41.5 Å². The Labute approximate surface area is 180 Å². The van der Waals surface area contributed by atoms with E-state index in [1.54, 1.807) is 11.0 Å². The summed E-state index contributed by atoms with van der Waals surface area (Å²) in [6.45, 7) is 9.26. The van der Waals surface area contributed by atoms with Crippen LogP contribution in [0.4, 0.5) is 10.5 Å². The summed E-state index contributed by atoms with van der Waals surface area (Å²) in [4.78, 5) is 19.1. The third-order valence-electron chi connectivity index (χ3n) is 5.93. The van der Waals surface area contributed by atoms with E-state index >= 15 is 0 Å². The van der Waals surface area contributed by atoms with Crippen LogP contribution in [-0.4, -0.2) is 73.9 Å². The van der Waals surface area contributed by atoms with E-state index in [1.165, 1.54) is 11.3 Å². The SMILES string of the molecule is C#C/C=C1/CN(C(=O)NCCCCN2CCN(c3ccccc3C)CC2)CCC1=N. The van der Waals surface area contributed by atoms with Gasteiger partial charge in [-0.05, 0) is 44.0 Å². The Balaban J connectivity index is 1.30. The van der Waals surface area contributed by atoms with Crippen LogP contribution in [0.5, 0.6) is 0 Å². The smallest absolute Gasteiger partial charge is 0.317 e. The summed E-state index contributed by atoms with van der Waals surface area (Å²) in [5.41, 5.74) is 4.00. The molecule has 0 radical (unpaired) electrons. The molecular formula is C24H33N5O. The van der Waals surface area contributed by atoms with Crippen LogP contribution in [0.3, 0.4) is 0 Å². The third kappa shape index (κ3) is 5.87. The van der Waals surface area contributed by atoms with Gasteiger partial charge in [-0.1, -0.05) is 24.1 Å². The Morgan fingerprint density at radius 1 is 1.20 bits per heavy atom. The molecule has 0 aliphatic carbocycles. The average Bonchev–Trinajstić information content (AvgIpc) is 2.76. The number of unbranched alkanes of at least 4 members (excludes halogenated alkanes) is 1. The molecule has 2 fully saturated rings. The molecule has 0 bridgehead atoms. The number of rotatable bonds is 6. The second-order valence-corrected chi connectivity index (χ2v) is 8.04. The molecule has 2 N–H and O–H groups in total. The molecule has 2 heterocycles. The first kappa shape index (κ1) is 21.9. The topological polar surface area (TPSA) is 62.7 Å². The minimum Gasteiger partial charge on any atom is -0.369 e. The molecule has 1 aromatic carbocycles. The Morgan fingerprint density at radius 2 is 1.97 bits per heavy atom. The van der Waals surface area contributed by atoms with E-state index in [2.05, 4.69) is 52.2 Å². The Bertz CT molecular complexity index is 817. The lowest BCUT2D eigenvalue weighted by atomic mass is 10.0. The fraction of sp³-hybridized carbons (Fsp3) is 0.500. The summed E-state index contributed by atoms with van der Waals surface area (Å²) in [7, 11) is 0. The van der Waals surface area contributed by atoms with Gasteiger partial charge in [-0.3, -0.25) is 4.90 Å². The van der Waals surface area contributed by atoms with Crippen LogP contribution in [-0.2, 0) is 0 Å². The number of urea groups is 1. The van der Waals surface area contributed by atoms with Gasteiger partial charge in [0.25, 0.3) is 0 Å². The first-order valence-corrected chi connectivity index (χ1v) is 10.9. The van der Waals surface area contributed by atoms with Crippen molar-refractivity contribution in [2.75, 3.05) is 57.3 Å². The van der Waals surface area contributed by atoms with Gasteiger partial charge in [0.1, 0.15) is 0 Å². The van der Waals surface area contributed by atoms with Crippen LogP contribution in [0.25, 0.3) is 0 Å². The molecule has 0 aromatic heterocycles. The predicted molar refractivity (Wildman–Crippen MR) is 123 cm³/mol. The Morgan fingerprint density at radius 3 is 2.70 bits per heavy atom. The number of allylic oxidation sites excluding steroid dienone is 1. The highest BCUT2D eigenvalue weighted by molar-refractivity contribution is 6.00. The van der Waals surface area contributed by atoms with Crippen LogP contribution in [0.1, 0.15) is 24.8 Å². The quantitative estimate of drug-likeness (QED) is 0.563. The van der Waals surface area contributed by atoms with Gasteiger partial charge in [-0.25, -0.2) is 4.79 Å². The van der Waals surface area contributed by atoms with Gasteiger partial charge in [0.15, 0.2) is 0 Å². The number of piperidine rings is 1. The Kier molecular flexibility index (Phi) is 7.92. The molecule has 6 nitrogen and oxygen atoms in total. The number of hydrogen-bond acceptors (Lipinski definition) is 4. The number of piperazine rings is 1. The van der Waals surface area contributed by atoms with Crippen molar-refractivity contribution >= 4 is 17.4 Å². The number of carbonyl (C=O) groups is 1. The molecule has 0 spiro atoms. The second kappa shape index (κ2) is 10.8. The number of nitrogens with one attached hydrogen (secondary N) is 2. The maximum Gasteiger partial charge on any atom is 0.317 e. The number of hydrogen-bond donors (Lipinski definition) is 2. The molecule has 0 unspecified atom stereocenters. The van der Waals surface area contributed by atoms with Crippen LogP contribution in [0.2, 0.25) is 0 Å². The van der Waals surface area contributed by atoms with Crippen LogP contribution in [0.15, 0.2) is 35.9 Å². The number of nitrogens with zero attached hydrogens (tertiary/aromatic N) is 3. The Hall–Kier alpha value is -2.78. The number of terminal acetylenes is 1. The first-order chi connectivity index (χ1) is 14.6. The molecule has 6 heteroatoms. The van der Waals surface area contributed by atoms with Crippen molar-refractivity contribution in [1.82, 2.24) is 15.1 Å². The monoisotopic (exact) mass is 407 g/mol. The first-order valence-electron chi connectivity index (χ1n) is 10.9. The maximum absolute atomic E-state index is 12.4. The number of amides is 2. The minimum absolute atomic E-state index is 0.0581. The molecular weight excluding hydrogens is 374 g/mol. The standard InChI is InChI=1S/C24H33N5O/c1-3-8-21-19-29(14-11-22(21)25)24(30)26-12-6-7-13-27-15-17-28(18-16-27)23-10-5-4-9-20(23)2/h1,4-5,8-10,25H,6-7,11-19H2,2H3,(H,26,30)/b21-8-,25-22?. The number of anilines is 1. The molecule has 2 aliphatic rings. The zero-order chi connectivity index (χ0) is 21.3. The fourth-order valence-corrected chi connectivity index (χ4v) is 4.09. The summed E-state index contributed by atoms with van der Waals surface area (Å²) < 4.78 is 0. The van der Waals surface area contributed by atoms with E-state index in [0.29, 0.717) is 31.8 Å². The second-order valence-electron chi connectivity index (χ2n) is 8.04. The van der Waals surface area contributed by atoms with Gasteiger partial charge in [0, 0.05) is 69.2 Å². The van der Waals surface area contributed by atoms with Crippen LogP contribution in [0, 0.1) is 24.7 Å². The van der Waals surface area contributed by atoms with Gasteiger partial charge in [-0.2, -0.15) is 0 Å². The van der Waals surface area contributed by atoms with E-state index in [9.17, 15) is 4.79 Å². The zero-order valence-electron chi connectivity index (χ0n) is 18.0. The molecule has 30 heavy (non-hydrogen) atoms. The highest BCUT2D eigenvalue weighted by atomic mass is 16.2. The van der Waals surface area contributed by atoms with Gasteiger partial charge >= 0.3 is 6.03 Å². The average molecular weight is 408 g/mol. The zero-order valence-corrected chi connectivity index (χ0v) is 18.0. The molecule has 3 rings (SSSR count). The van der Waals surface area contributed by atoms with Gasteiger partial charge in [0.2, 0.25) is 0 Å². The highest BCUT2D eigenvalue weighted by Crippen LogP contribution is 2.20. The van der Waals surface area contributed by atoms with Crippen LogP contribution >= 0.6 is 0 Å². The lowest BCUT2D eigenvalue weighted by Gasteiger charge is -2.36. The summed E-state index contributed by atoms with van der Waals surface area (Å²) >= 11 is 0. The van der Waals surface area contributed by atoms with Gasteiger partial charge < -0.3 is 20.5 Å². The summed E-state index contributed by atoms with van der Waals surface area (Å²) in [6, 6.07) is 8.54. The molecule has 2 aliphatic heterocycles. The van der Waals surface area contributed by atoms with Crippen molar-refractivity contribution < 1.29 is 4.79 Å². The molecule has 160 valence electrons. The van der Waals surface area contributed by atoms with Crippen molar-refractivity contribution in [3.63, 3.8) is 0 Å². The molecule has 2 saturated heterocycles. The number of para-hydroxylation sites is 1. The third-order valence-corrected chi connectivity index (χ3v) is 5.93. The van der Waals surface area contributed by atoms with Crippen molar-refractivity contribution in [2.24, 2.45) is 0 Å². The fourth-order valence-electron chi connectivity index (χ4n) is 4.09. The van der Waals surface area contributed by atoms with E-state index in [4.69, 9.17) is 11.8 Å². The van der Waals surface area contributed by atoms with Gasteiger partial charge in [0.05, 0.1) is 0 Å². The molecule has 0 saturated carbocycles. The summed E-state index contributed by atoms with van der Waals surface area (Å²) in [5.74, 6) is 2.46. The largest absolute Gasteiger partial charge is 0.369 e. The van der Waals surface area contributed by atoms with Crippen molar-refractivity contribution in [3.8, 4) is 12.3 Å². The summed E-state index contributed by atoms with van der Waals surface area (Å²) in [6.07, 6.45) is 9.53. The number of carbonyl (C=O) groups excluding carboxylic acids is 1. The number of aryl methyl sites for hydroxylation is 1. The highest BCUT2D eigenvalue weighted by Gasteiger charge is 2.22. The number of likely N-dealkylation sites (tertiary alicyclic amines) is 1. The normalized spacial score (nSPS) is 19.1.